The Morgan fingerprint density at radius 2 is 1.91 bits per heavy atom. The first-order valence-corrected chi connectivity index (χ1v) is 8.09. The van der Waals surface area contributed by atoms with Crippen molar-refractivity contribution in [1.82, 2.24) is 5.32 Å². The van der Waals surface area contributed by atoms with Gasteiger partial charge in [0.1, 0.15) is 12.4 Å². The Hall–Kier alpha value is -2.29. The molecule has 0 unspecified atom stereocenters. The van der Waals surface area contributed by atoms with E-state index in [1.54, 1.807) is 0 Å². The molecule has 0 spiro atoms. The molecule has 2 rings (SSSR count). The van der Waals surface area contributed by atoms with E-state index in [0.29, 0.717) is 25.5 Å². The van der Waals surface area contributed by atoms with Gasteiger partial charge in [0, 0.05) is 0 Å². The second-order valence-electron chi connectivity index (χ2n) is 6.09. The van der Waals surface area contributed by atoms with Crippen LogP contribution >= 0.6 is 0 Å². The van der Waals surface area contributed by atoms with Crippen LogP contribution in [0, 0.1) is 6.92 Å². The third kappa shape index (κ3) is 5.78. The molecule has 2 aromatic carbocycles. The van der Waals surface area contributed by atoms with Gasteiger partial charge >= 0.3 is 0 Å². The van der Waals surface area contributed by atoms with Crippen molar-refractivity contribution in [2.24, 2.45) is 0 Å². The molecule has 3 nitrogen and oxygen atoms in total. The number of aryl methyl sites for hydroxylation is 1. The summed E-state index contributed by atoms with van der Waals surface area (Å²) in [5, 5.41) is 2.89. The molecule has 122 valence electrons. The highest BCUT2D eigenvalue weighted by atomic mass is 16.5. The van der Waals surface area contributed by atoms with E-state index in [-0.39, 0.29) is 5.91 Å². The van der Waals surface area contributed by atoms with Crippen molar-refractivity contribution in [2.45, 2.75) is 33.1 Å². The van der Waals surface area contributed by atoms with Gasteiger partial charge in [0.15, 0.2) is 0 Å². The first-order chi connectivity index (χ1) is 11.0. The second-order valence-corrected chi connectivity index (χ2v) is 6.09. The first-order valence-electron chi connectivity index (χ1n) is 8.09. The normalized spacial score (nSPS) is 10.6. The minimum absolute atomic E-state index is 0.0233. The van der Waals surface area contributed by atoms with E-state index in [4.69, 9.17) is 4.74 Å². The van der Waals surface area contributed by atoms with Crippen molar-refractivity contribution in [3.05, 3.63) is 65.2 Å². The number of benzene rings is 2. The Morgan fingerprint density at radius 1 is 1.13 bits per heavy atom. The van der Waals surface area contributed by atoms with Crippen molar-refractivity contribution >= 4 is 5.91 Å². The summed E-state index contributed by atoms with van der Waals surface area (Å²) >= 11 is 0. The van der Waals surface area contributed by atoms with E-state index in [9.17, 15) is 4.79 Å². The van der Waals surface area contributed by atoms with Crippen LogP contribution in [0.4, 0.5) is 0 Å². The van der Waals surface area contributed by atoms with Gasteiger partial charge in [-0.05, 0) is 36.1 Å². The monoisotopic (exact) mass is 311 g/mol. The summed E-state index contributed by atoms with van der Waals surface area (Å²) < 4.78 is 5.70. The number of amides is 1. The largest absolute Gasteiger partial charge is 0.492 e. The molecule has 0 aliphatic rings. The first kappa shape index (κ1) is 17.1. The topological polar surface area (TPSA) is 38.3 Å². The van der Waals surface area contributed by atoms with Gasteiger partial charge in [-0.3, -0.25) is 4.79 Å². The van der Waals surface area contributed by atoms with Crippen LogP contribution in [-0.2, 0) is 11.2 Å². The number of nitrogens with one attached hydrogen (secondary N) is 1. The van der Waals surface area contributed by atoms with Crippen molar-refractivity contribution in [3.63, 3.8) is 0 Å². The molecule has 0 radical (unpaired) electrons. The summed E-state index contributed by atoms with van der Waals surface area (Å²) in [7, 11) is 0. The molecule has 2 aromatic rings. The summed E-state index contributed by atoms with van der Waals surface area (Å²) in [4.78, 5) is 11.9. The minimum Gasteiger partial charge on any atom is -0.492 e. The van der Waals surface area contributed by atoms with Crippen LogP contribution in [0.2, 0.25) is 0 Å². The van der Waals surface area contributed by atoms with Crippen molar-refractivity contribution in [2.75, 3.05) is 13.2 Å². The average molecular weight is 311 g/mol. The van der Waals surface area contributed by atoms with Crippen LogP contribution in [0.1, 0.15) is 36.5 Å². The minimum atomic E-state index is 0.0233. The molecule has 1 amide bonds. The van der Waals surface area contributed by atoms with Crippen LogP contribution < -0.4 is 10.1 Å². The lowest BCUT2D eigenvalue weighted by Crippen LogP contribution is -2.29. The van der Waals surface area contributed by atoms with Gasteiger partial charge in [-0.25, -0.2) is 0 Å². The summed E-state index contributed by atoms with van der Waals surface area (Å²) in [5.74, 6) is 1.35. The zero-order chi connectivity index (χ0) is 16.7. The quantitative estimate of drug-likeness (QED) is 0.789. The van der Waals surface area contributed by atoms with Crippen LogP contribution in [0.15, 0.2) is 48.5 Å². The average Bonchev–Trinajstić information content (AvgIpc) is 2.52. The summed E-state index contributed by atoms with van der Waals surface area (Å²) in [6, 6.07) is 16.1. The van der Waals surface area contributed by atoms with E-state index < -0.39 is 0 Å². The lowest BCUT2D eigenvalue weighted by molar-refractivity contribution is -0.120. The molecule has 0 aromatic heterocycles. The smallest absolute Gasteiger partial charge is 0.224 e. The fourth-order valence-electron chi connectivity index (χ4n) is 2.39. The van der Waals surface area contributed by atoms with E-state index in [0.717, 1.165) is 11.3 Å². The molecular formula is C20H25NO2. The number of rotatable bonds is 7. The molecule has 0 saturated carbocycles. The standard InChI is InChI=1S/C20H25NO2/c1-15(2)18-8-5-9-19(14-18)23-11-10-21-20(22)13-17-7-4-6-16(3)12-17/h4-9,12,14-15H,10-11,13H2,1-3H3,(H,21,22). The fourth-order valence-corrected chi connectivity index (χ4v) is 2.39. The van der Waals surface area contributed by atoms with Gasteiger partial charge in [-0.1, -0.05) is 55.8 Å². The molecule has 0 aliphatic heterocycles. The summed E-state index contributed by atoms with van der Waals surface area (Å²) in [6.07, 6.45) is 0.407. The lowest BCUT2D eigenvalue weighted by atomic mass is 10.0. The maximum atomic E-state index is 11.9. The highest BCUT2D eigenvalue weighted by molar-refractivity contribution is 5.78. The second kappa shape index (κ2) is 8.37. The highest BCUT2D eigenvalue weighted by Gasteiger charge is 2.04. The SMILES string of the molecule is Cc1cccc(CC(=O)NCCOc2cccc(C(C)C)c2)c1. The maximum absolute atomic E-state index is 11.9. The predicted molar refractivity (Wildman–Crippen MR) is 93.9 cm³/mol. The highest BCUT2D eigenvalue weighted by Crippen LogP contribution is 2.19. The van der Waals surface area contributed by atoms with Gasteiger partial charge < -0.3 is 10.1 Å². The Labute approximate surface area is 138 Å². The number of carbonyl (C=O) groups excluding carboxylic acids is 1. The van der Waals surface area contributed by atoms with E-state index in [1.165, 1.54) is 11.1 Å². The lowest BCUT2D eigenvalue weighted by Gasteiger charge is -2.10. The predicted octanol–water partition coefficient (Wildman–Crippen LogP) is 3.86. The van der Waals surface area contributed by atoms with Crippen molar-refractivity contribution < 1.29 is 9.53 Å². The molecule has 1 N–H and O–H groups in total. The molecule has 0 fully saturated rings. The van der Waals surface area contributed by atoms with Crippen LogP contribution in [-0.4, -0.2) is 19.1 Å². The molecule has 0 saturated heterocycles. The van der Waals surface area contributed by atoms with Gasteiger partial charge in [0.05, 0.1) is 13.0 Å². The number of ether oxygens (including phenoxy) is 1. The Bertz CT molecular complexity index is 650. The Morgan fingerprint density at radius 3 is 2.65 bits per heavy atom. The fraction of sp³-hybridized carbons (Fsp3) is 0.350. The van der Waals surface area contributed by atoms with Crippen LogP contribution in [0.5, 0.6) is 5.75 Å². The Balaban J connectivity index is 1.73. The van der Waals surface area contributed by atoms with Gasteiger partial charge in [-0.15, -0.1) is 0 Å². The summed E-state index contributed by atoms with van der Waals surface area (Å²) in [6.45, 7) is 7.33. The molecule has 0 aliphatic carbocycles. The molecule has 0 atom stereocenters. The number of hydrogen-bond donors (Lipinski definition) is 1. The molecular weight excluding hydrogens is 286 g/mol. The van der Waals surface area contributed by atoms with Gasteiger partial charge in [-0.2, -0.15) is 0 Å². The van der Waals surface area contributed by atoms with Crippen molar-refractivity contribution in [3.8, 4) is 5.75 Å². The summed E-state index contributed by atoms with van der Waals surface area (Å²) in [5.41, 5.74) is 3.46. The van der Waals surface area contributed by atoms with Crippen LogP contribution in [0.3, 0.4) is 0 Å². The van der Waals surface area contributed by atoms with Crippen molar-refractivity contribution in [1.29, 1.82) is 0 Å². The zero-order valence-electron chi connectivity index (χ0n) is 14.1. The van der Waals surface area contributed by atoms with Gasteiger partial charge in [0.25, 0.3) is 0 Å². The van der Waals surface area contributed by atoms with Crippen LogP contribution in [0.25, 0.3) is 0 Å². The van der Waals surface area contributed by atoms with E-state index in [2.05, 4.69) is 31.3 Å². The molecule has 0 bridgehead atoms. The molecule has 3 heteroatoms. The Kier molecular flexibility index (Phi) is 6.21. The number of carbonyl (C=O) groups is 1. The van der Waals surface area contributed by atoms with Gasteiger partial charge in [0.2, 0.25) is 5.91 Å². The third-order valence-electron chi connectivity index (χ3n) is 3.66. The van der Waals surface area contributed by atoms with E-state index >= 15 is 0 Å². The molecule has 23 heavy (non-hydrogen) atoms. The maximum Gasteiger partial charge on any atom is 0.224 e. The molecule has 0 heterocycles. The number of hydrogen-bond acceptors (Lipinski definition) is 2. The van der Waals surface area contributed by atoms with E-state index in [1.807, 2.05) is 43.3 Å². The zero-order valence-corrected chi connectivity index (χ0v) is 14.1. The third-order valence-corrected chi connectivity index (χ3v) is 3.66.